The minimum absolute atomic E-state index is 0.645. The first kappa shape index (κ1) is 15.5. The molecule has 0 unspecified atom stereocenters. The van der Waals surface area contributed by atoms with Crippen molar-refractivity contribution in [2.24, 2.45) is 0 Å². The number of hydrogen-bond donors (Lipinski definition) is 0. The fourth-order valence-electron chi connectivity index (χ4n) is 3.28. The van der Waals surface area contributed by atoms with E-state index in [-0.39, 0.29) is 0 Å². The van der Waals surface area contributed by atoms with Crippen molar-refractivity contribution in [2.45, 2.75) is 70.9 Å². The highest BCUT2D eigenvalue weighted by Gasteiger charge is 2.24. The molecule has 0 spiro atoms. The van der Waals surface area contributed by atoms with Crippen molar-refractivity contribution in [1.82, 2.24) is 4.90 Å². The Morgan fingerprint density at radius 1 is 1.20 bits per heavy atom. The van der Waals surface area contributed by atoms with E-state index in [1.165, 1.54) is 70.0 Å². The zero-order valence-electron chi connectivity index (χ0n) is 13.4. The van der Waals surface area contributed by atoms with Crippen LogP contribution in [0.2, 0.25) is 0 Å². The zero-order valence-corrected chi connectivity index (χ0v) is 13.4. The summed E-state index contributed by atoms with van der Waals surface area (Å²) in [6.45, 7) is 4.70. The van der Waals surface area contributed by atoms with Gasteiger partial charge >= 0.3 is 0 Å². The molecule has 1 aliphatic heterocycles. The third kappa shape index (κ3) is 4.59. The molecule has 0 N–H and O–H groups in total. The number of aryl methyl sites for hydroxylation is 1. The van der Waals surface area contributed by atoms with Crippen molar-refractivity contribution in [2.75, 3.05) is 13.6 Å². The summed E-state index contributed by atoms with van der Waals surface area (Å²) in [7, 11) is 2.25. The molecular weight excluding hydrogens is 244 g/mol. The van der Waals surface area contributed by atoms with Crippen LogP contribution in [0.5, 0.6) is 0 Å². The molecule has 0 amide bonds. The third-order valence-corrected chi connectivity index (χ3v) is 4.56. The van der Waals surface area contributed by atoms with E-state index < -0.39 is 0 Å². The number of rotatable bonds is 8. The van der Waals surface area contributed by atoms with Crippen molar-refractivity contribution >= 4 is 0 Å². The maximum Gasteiger partial charge on any atom is 0.173 e. The second-order valence-corrected chi connectivity index (χ2v) is 6.28. The number of hydrogen-bond acceptors (Lipinski definition) is 1. The van der Waals surface area contributed by atoms with Crippen LogP contribution >= 0.6 is 0 Å². The van der Waals surface area contributed by atoms with Gasteiger partial charge in [-0.05, 0) is 38.9 Å². The largest absolute Gasteiger partial charge is 0.299 e. The van der Waals surface area contributed by atoms with Gasteiger partial charge in [-0.1, -0.05) is 32.6 Å². The van der Waals surface area contributed by atoms with Crippen LogP contribution in [-0.4, -0.2) is 18.5 Å². The standard InChI is InChI=1S/C18H31N2/c1-3-4-5-6-7-8-14-20-15-9-11-17(16-20)18-12-10-13-19(18)2/h9,11,15-16,18H,3-8,10,12-14H2,1-2H3/q+1/t18-/m0/s1. The summed E-state index contributed by atoms with van der Waals surface area (Å²) in [5.74, 6) is 0. The Hall–Kier alpha value is -0.890. The highest BCUT2D eigenvalue weighted by molar-refractivity contribution is 5.12. The van der Waals surface area contributed by atoms with Gasteiger partial charge in [-0.25, -0.2) is 4.57 Å². The fraction of sp³-hybridized carbons (Fsp3) is 0.722. The van der Waals surface area contributed by atoms with Gasteiger partial charge in [0, 0.05) is 24.1 Å². The maximum atomic E-state index is 2.49. The number of unbranched alkanes of at least 4 members (excludes halogenated alkanes) is 5. The molecule has 0 aromatic carbocycles. The predicted octanol–water partition coefficient (Wildman–Crippen LogP) is 4.10. The molecule has 0 aliphatic carbocycles. The van der Waals surface area contributed by atoms with Crippen LogP contribution < -0.4 is 4.57 Å². The van der Waals surface area contributed by atoms with E-state index in [0.29, 0.717) is 6.04 Å². The van der Waals surface area contributed by atoms with Crippen LogP contribution in [0.25, 0.3) is 0 Å². The van der Waals surface area contributed by atoms with Crippen molar-refractivity contribution < 1.29 is 4.57 Å². The Morgan fingerprint density at radius 2 is 2.00 bits per heavy atom. The van der Waals surface area contributed by atoms with Gasteiger partial charge < -0.3 is 0 Å². The quantitative estimate of drug-likeness (QED) is 0.512. The highest BCUT2D eigenvalue weighted by Crippen LogP contribution is 2.29. The lowest BCUT2D eigenvalue weighted by Crippen LogP contribution is -2.34. The van der Waals surface area contributed by atoms with Gasteiger partial charge in [0.15, 0.2) is 12.4 Å². The number of likely N-dealkylation sites (tertiary alicyclic amines) is 1. The maximum absolute atomic E-state index is 2.49. The van der Waals surface area contributed by atoms with E-state index in [9.17, 15) is 0 Å². The van der Waals surface area contributed by atoms with Gasteiger partial charge in [-0.3, -0.25) is 4.90 Å². The molecule has 2 rings (SSSR count). The number of pyridine rings is 1. The average Bonchev–Trinajstić information content (AvgIpc) is 2.89. The molecule has 1 atom stereocenters. The molecule has 1 saturated heterocycles. The van der Waals surface area contributed by atoms with Crippen molar-refractivity contribution in [3.05, 3.63) is 30.1 Å². The fourth-order valence-corrected chi connectivity index (χ4v) is 3.28. The molecule has 2 heterocycles. The molecule has 0 saturated carbocycles. The first-order valence-corrected chi connectivity index (χ1v) is 8.50. The molecular formula is C18H31N2+. The van der Waals surface area contributed by atoms with Gasteiger partial charge in [0.2, 0.25) is 0 Å². The van der Waals surface area contributed by atoms with Gasteiger partial charge in [-0.15, -0.1) is 0 Å². The Morgan fingerprint density at radius 3 is 2.75 bits per heavy atom. The van der Waals surface area contributed by atoms with Crippen molar-refractivity contribution in [3.63, 3.8) is 0 Å². The van der Waals surface area contributed by atoms with E-state index in [0.717, 1.165) is 0 Å². The van der Waals surface area contributed by atoms with Crippen molar-refractivity contribution in [3.8, 4) is 0 Å². The SMILES string of the molecule is CCCCCCCC[n+]1cccc([C@@H]2CCCN2C)c1. The average molecular weight is 275 g/mol. The molecule has 20 heavy (non-hydrogen) atoms. The van der Waals surface area contributed by atoms with Gasteiger partial charge in [-0.2, -0.15) is 0 Å². The Kier molecular flexibility index (Phi) is 6.52. The first-order valence-electron chi connectivity index (χ1n) is 8.50. The molecule has 1 aromatic rings. The summed E-state index contributed by atoms with van der Waals surface area (Å²) in [4.78, 5) is 2.49. The van der Waals surface area contributed by atoms with Crippen molar-refractivity contribution in [1.29, 1.82) is 0 Å². The lowest BCUT2D eigenvalue weighted by Gasteiger charge is -2.18. The molecule has 0 bridgehead atoms. The zero-order chi connectivity index (χ0) is 14.2. The number of aromatic nitrogens is 1. The molecule has 0 radical (unpaired) electrons. The Balaban J connectivity index is 1.78. The van der Waals surface area contributed by atoms with Crippen LogP contribution in [0.15, 0.2) is 24.5 Å². The van der Waals surface area contributed by atoms with Crippen LogP contribution in [0.1, 0.15) is 69.9 Å². The minimum atomic E-state index is 0.645. The Labute approximate surface area is 124 Å². The molecule has 2 heteroatoms. The summed E-state index contributed by atoms with van der Waals surface area (Å²) < 4.78 is 2.39. The van der Waals surface area contributed by atoms with E-state index in [1.54, 1.807) is 0 Å². The van der Waals surface area contributed by atoms with E-state index in [2.05, 4.69) is 48.0 Å². The number of nitrogens with zero attached hydrogens (tertiary/aromatic N) is 2. The molecule has 1 fully saturated rings. The summed E-state index contributed by atoms with van der Waals surface area (Å²) in [5, 5.41) is 0. The second kappa shape index (κ2) is 8.41. The van der Waals surface area contributed by atoms with E-state index in [4.69, 9.17) is 0 Å². The molecule has 1 aliphatic rings. The van der Waals surface area contributed by atoms with Gasteiger partial charge in [0.25, 0.3) is 0 Å². The van der Waals surface area contributed by atoms with E-state index in [1.807, 2.05) is 0 Å². The third-order valence-electron chi connectivity index (χ3n) is 4.56. The van der Waals surface area contributed by atoms with Crippen LogP contribution in [0.3, 0.4) is 0 Å². The molecule has 1 aromatic heterocycles. The summed E-state index contributed by atoms with van der Waals surface area (Å²) in [6.07, 6.45) is 15.5. The lowest BCUT2D eigenvalue weighted by atomic mass is 10.1. The van der Waals surface area contributed by atoms with Gasteiger partial charge in [0.1, 0.15) is 6.54 Å². The van der Waals surface area contributed by atoms with Crippen LogP contribution in [0.4, 0.5) is 0 Å². The minimum Gasteiger partial charge on any atom is -0.299 e. The predicted molar refractivity (Wildman–Crippen MR) is 84.6 cm³/mol. The normalized spacial score (nSPS) is 19.6. The summed E-state index contributed by atoms with van der Waals surface area (Å²) in [5.41, 5.74) is 1.50. The summed E-state index contributed by atoms with van der Waals surface area (Å²) in [6, 6.07) is 5.16. The van der Waals surface area contributed by atoms with Crippen LogP contribution in [-0.2, 0) is 6.54 Å². The van der Waals surface area contributed by atoms with E-state index >= 15 is 0 Å². The summed E-state index contributed by atoms with van der Waals surface area (Å²) >= 11 is 0. The highest BCUT2D eigenvalue weighted by atomic mass is 15.1. The van der Waals surface area contributed by atoms with Crippen LogP contribution in [0, 0.1) is 0 Å². The topological polar surface area (TPSA) is 7.12 Å². The van der Waals surface area contributed by atoms with Gasteiger partial charge in [0.05, 0.1) is 0 Å². The lowest BCUT2D eigenvalue weighted by molar-refractivity contribution is -0.697. The second-order valence-electron chi connectivity index (χ2n) is 6.28. The molecule has 112 valence electrons. The molecule has 2 nitrogen and oxygen atoms in total. The smallest absolute Gasteiger partial charge is 0.173 e. The first-order chi connectivity index (χ1) is 9.81. The monoisotopic (exact) mass is 275 g/mol. The Bertz CT molecular complexity index is 389.